The number of carbonyl (C=O) groups is 2. The normalized spacial score (nSPS) is 15.9. The van der Waals surface area contributed by atoms with Crippen LogP contribution in [0.3, 0.4) is 0 Å². The van der Waals surface area contributed by atoms with Gasteiger partial charge in [0.15, 0.2) is 0 Å². The van der Waals surface area contributed by atoms with E-state index in [9.17, 15) is 23.9 Å². The van der Waals surface area contributed by atoms with Gasteiger partial charge >= 0.3 is 5.97 Å². The number of hydrogen-bond donors (Lipinski definition) is 2. The highest BCUT2D eigenvalue weighted by Crippen LogP contribution is 2.35. The second kappa shape index (κ2) is 24.2. The second-order valence-corrected chi connectivity index (χ2v) is 18.5. The number of anilines is 2. The Labute approximate surface area is 421 Å². The lowest BCUT2D eigenvalue weighted by Crippen LogP contribution is -2.31. The van der Waals surface area contributed by atoms with Crippen LogP contribution in [-0.4, -0.2) is 62.0 Å². The number of benzene rings is 7. The number of carboxylic acids is 2. The molecule has 2 saturated heterocycles. The van der Waals surface area contributed by atoms with Gasteiger partial charge in [0, 0.05) is 61.0 Å². The number of rotatable bonds is 13. The van der Waals surface area contributed by atoms with E-state index in [1.807, 2.05) is 60.4 Å². The van der Waals surface area contributed by atoms with Crippen LogP contribution < -0.4 is 19.3 Å². The summed E-state index contributed by atoms with van der Waals surface area (Å²) in [5.41, 5.74) is 13.5. The van der Waals surface area contributed by atoms with Crippen molar-refractivity contribution in [2.45, 2.75) is 64.8 Å². The average molecular weight is 970 g/mol. The predicted octanol–water partition coefficient (Wildman–Crippen LogP) is 13.1. The lowest BCUT2D eigenvalue weighted by molar-refractivity contribution is -0.137. The van der Waals surface area contributed by atoms with E-state index >= 15 is 0 Å². The summed E-state index contributed by atoms with van der Waals surface area (Å²) in [4.78, 5) is 24.8. The van der Waals surface area contributed by atoms with Crippen molar-refractivity contribution in [2.75, 3.05) is 43.7 Å². The summed E-state index contributed by atoms with van der Waals surface area (Å²) in [5, 5.41) is 25.9. The van der Waals surface area contributed by atoms with Crippen LogP contribution in [0.1, 0.15) is 71.0 Å². The molecule has 370 valence electrons. The van der Waals surface area contributed by atoms with Crippen molar-refractivity contribution < 1.29 is 38.1 Å². The molecular weight excluding hydrogens is 909 g/mol. The Morgan fingerprint density at radius 3 is 1.62 bits per heavy atom. The Balaban J connectivity index is 0.000000197. The van der Waals surface area contributed by atoms with Crippen molar-refractivity contribution in [2.24, 2.45) is 5.92 Å². The largest absolute Gasteiger partial charge is 0.497 e. The van der Waals surface area contributed by atoms with E-state index in [0.717, 1.165) is 71.9 Å². The number of ether oxygens (including phenoxy) is 2. The summed E-state index contributed by atoms with van der Waals surface area (Å²) in [7, 11) is 3.16. The highest BCUT2D eigenvalue weighted by molar-refractivity contribution is 5.70. The molecule has 2 aliphatic rings. The lowest BCUT2D eigenvalue weighted by atomic mass is 9.95. The van der Waals surface area contributed by atoms with Gasteiger partial charge < -0.3 is 29.5 Å². The molecule has 0 aliphatic carbocycles. The quantitative estimate of drug-likeness (QED) is 0.116. The van der Waals surface area contributed by atoms with Crippen LogP contribution in [-0.2, 0) is 22.4 Å². The van der Waals surface area contributed by atoms with Crippen LogP contribution in [0.4, 0.5) is 20.2 Å². The molecule has 0 saturated carbocycles. The standard InChI is InChI=1S/C31H30FNO.C28H27FN2O3.C2H4O2/c1-22-18-26(30-20-29(34-2)14-15-31(30)32)11-10-25(22)19-23-8-12-28(13-9-23)33-17-16-27(21-33)24-6-4-3-5-7-24;1-18-11-22(26-15-25(34-2)9-10-27(26)29)6-5-21(18)12-19-3-7-23(8-4-19)31-17-20(16-30)13-24(31)14-28(32)33;1-2(3)4/h3-15,18,20,27H,16-17,19,21H2,1-2H3;3-11,15,20,24H,12-14,17H2,1-2H3,(H,32,33);1H3,(H,3,4)/t27-;;/m1../s1. The van der Waals surface area contributed by atoms with Gasteiger partial charge in [-0.05, 0) is 150 Å². The molecule has 11 heteroatoms. The van der Waals surface area contributed by atoms with Crippen molar-refractivity contribution in [3.63, 3.8) is 0 Å². The van der Waals surface area contributed by atoms with Gasteiger partial charge in [-0.25, -0.2) is 8.78 Å². The molecular formula is C61H61F2N3O6. The maximum atomic E-state index is 14.4. The molecule has 3 atom stereocenters. The van der Waals surface area contributed by atoms with Gasteiger partial charge in [0.2, 0.25) is 0 Å². The van der Waals surface area contributed by atoms with Gasteiger partial charge in [-0.15, -0.1) is 0 Å². The molecule has 2 heterocycles. The van der Waals surface area contributed by atoms with Crippen molar-refractivity contribution in [1.82, 2.24) is 0 Å². The average Bonchev–Trinajstić information content (AvgIpc) is 4.04. The van der Waals surface area contributed by atoms with Gasteiger partial charge in [0.05, 0.1) is 32.6 Å². The molecule has 9 rings (SSSR count). The van der Waals surface area contributed by atoms with E-state index in [2.05, 4.69) is 84.6 Å². The molecule has 2 aliphatic heterocycles. The van der Waals surface area contributed by atoms with E-state index in [-0.39, 0.29) is 30.0 Å². The zero-order chi connectivity index (χ0) is 51.3. The van der Waals surface area contributed by atoms with Gasteiger partial charge in [-0.3, -0.25) is 9.59 Å². The third kappa shape index (κ3) is 13.5. The van der Waals surface area contributed by atoms with E-state index in [0.29, 0.717) is 41.5 Å². The number of carboxylic acid groups (broad SMARTS) is 2. The van der Waals surface area contributed by atoms with Crippen molar-refractivity contribution in [1.29, 1.82) is 5.26 Å². The highest BCUT2D eigenvalue weighted by Gasteiger charge is 2.33. The maximum absolute atomic E-state index is 14.4. The first-order valence-corrected chi connectivity index (χ1v) is 24.1. The maximum Gasteiger partial charge on any atom is 0.305 e. The van der Waals surface area contributed by atoms with E-state index < -0.39 is 11.9 Å². The fraction of sp³-hybridized carbons (Fsp3) is 0.262. The molecule has 0 bridgehead atoms. The van der Waals surface area contributed by atoms with Gasteiger partial charge in [-0.1, -0.05) is 91.0 Å². The summed E-state index contributed by atoms with van der Waals surface area (Å²) in [5.74, 6) is -0.478. The van der Waals surface area contributed by atoms with E-state index in [4.69, 9.17) is 19.4 Å². The minimum Gasteiger partial charge on any atom is -0.497 e. The summed E-state index contributed by atoms with van der Waals surface area (Å²) >= 11 is 0. The Hall–Kier alpha value is -7.97. The third-order valence-corrected chi connectivity index (χ3v) is 13.5. The number of aliphatic carboxylic acids is 2. The molecule has 7 aromatic carbocycles. The number of aryl methyl sites for hydroxylation is 2. The van der Waals surface area contributed by atoms with Crippen LogP contribution in [0, 0.1) is 42.7 Å². The highest BCUT2D eigenvalue weighted by atomic mass is 19.1. The summed E-state index contributed by atoms with van der Waals surface area (Å²) < 4.78 is 39.3. The van der Waals surface area contributed by atoms with Crippen LogP contribution in [0.15, 0.2) is 152 Å². The van der Waals surface area contributed by atoms with Crippen molar-refractivity contribution in [3.05, 3.63) is 202 Å². The fourth-order valence-corrected chi connectivity index (χ4v) is 9.61. The molecule has 2 fully saturated rings. The molecule has 9 nitrogen and oxygen atoms in total. The summed E-state index contributed by atoms with van der Waals surface area (Å²) in [6.45, 7) is 7.92. The minimum absolute atomic E-state index is 0.0271. The molecule has 7 aromatic rings. The number of nitriles is 1. The van der Waals surface area contributed by atoms with E-state index in [1.54, 1.807) is 38.5 Å². The molecule has 0 radical (unpaired) electrons. The number of halogens is 2. The number of nitrogens with zero attached hydrogens (tertiary/aromatic N) is 3. The van der Waals surface area contributed by atoms with Crippen LogP contribution in [0.25, 0.3) is 22.3 Å². The molecule has 0 spiro atoms. The zero-order valence-electron chi connectivity index (χ0n) is 41.4. The van der Waals surface area contributed by atoms with Crippen molar-refractivity contribution >= 4 is 23.3 Å². The topological polar surface area (TPSA) is 123 Å². The third-order valence-electron chi connectivity index (χ3n) is 13.5. The first-order valence-electron chi connectivity index (χ1n) is 24.1. The summed E-state index contributed by atoms with van der Waals surface area (Å²) in [6.07, 6.45) is 3.39. The fourth-order valence-electron chi connectivity index (χ4n) is 9.61. The Morgan fingerprint density at radius 1 is 0.667 bits per heavy atom. The second-order valence-electron chi connectivity index (χ2n) is 18.5. The SMILES string of the molecule is CC(=O)O.COc1ccc(F)c(-c2ccc(Cc3ccc(N4CC(C#N)CC4CC(=O)O)cc3)c(C)c2)c1.COc1ccc(F)c(-c2ccc(Cc3ccc(N4CC[C@@H](c5ccccc5)C4)cc3)c(C)c2)c1. The smallest absolute Gasteiger partial charge is 0.305 e. The van der Waals surface area contributed by atoms with Crippen LogP contribution >= 0.6 is 0 Å². The first-order chi connectivity index (χ1) is 34.7. The lowest BCUT2D eigenvalue weighted by Gasteiger charge is -2.25. The zero-order valence-corrected chi connectivity index (χ0v) is 41.4. The molecule has 0 amide bonds. The Kier molecular flexibility index (Phi) is 17.5. The predicted molar refractivity (Wildman–Crippen MR) is 281 cm³/mol. The Morgan fingerprint density at radius 2 is 1.17 bits per heavy atom. The van der Waals surface area contributed by atoms with Crippen LogP contribution in [0.2, 0.25) is 0 Å². The van der Waals surface area contributed by atoms with Crippen LogP contribution in [0.5, 0.6) is 11.5 Å². The Bertz CT molecular complexity index is 3010. The van der Waals surface area contributed by atoms with E-state index in [1.165, 1.54) is 40.9 Å². The monoisotopic (exact) mass is 969 g/mol. The summed E-state index contributed by atoms with van der Waals surface area (Å²) in [6, 6.07) is 51.7. The number of hydrogen-bond acceptors (Lipinski definition) is 7. The molecule has 2 N–H and O–H groups in total. The first kappa shape index (κ1) is 51.9. The van der Waals surface area contributed by atoms with Gasteiger partial charge in [-0.2, -0.15) is 5.26 Å². The molecule has 72 heavy (non-hydrogen) atoms. The van der Waals surface area contributed by atoms with Gasteiger partial charge in [0.25, 0.3) is 5.97 Å². The van der Waals surface area contributed by atoms with Crippen molar-refractivity contribution in [3.8, 4) is 39.8 Å². The molecule has 2 unspecified atom stereocenters. The molecule has 0 aromatic heterocycles. The van der Waals surface area contributed by atoms with Gasteiger partial charge in [0.1, 0.15) is 23.1 Å². The number of methoxy groups -OCH3 is 2. The minimum atomic E-state index is -0.849.